The van der Waals surface area contributed by atoms with Crippen molar-refractivity contribution in [2.45, 2.75) is 137 Å². The average Bonchev–Trinajstić information content (AvgIpc) is 3.17. The maximum absolute atomic E-state index is 14.2. The van der Waals surface area contributed by atoms with Crippen LogP contribution < -0.4 is 10.6 Å². The van der Waals surface area contributed by atoms with Gasteiger partial charge in [0.1, 0.15) is 24.2 Å². The van der Waals surface area contributed by atoms with Crippen LogP contribution in [0.4, 0.5) is 0 Å². The van der Waals surface area contributed by atoms with Crippen molar-refractivity contribution in [3.05, 3.63) is 36.5 Å². The Morgan fingerprint density at radius 2 is 1.26 bits per heavy atom. The molecule has 2 unspecified atom stereocenters. The van der Waals surface area contributed by atoms with Crippen molar-refractivity contribution in [3.8, 4) is 0 Å². The number of amides is 7. The molecular formula is C43H75N7O8. The van der Waals surface area contributed by atoms with Gasteiger partial charge in [0.15, 0.2) is 0 Å². The summed E-state index contributed by atoms with van der Waals surface area (Å²) >= 11 is 0. The average molecular weight is 818 g/mol. The van der Waals surface area contributed by atoms with Crippen molar-refractivity contribution >= 4 is 41.4 Å². The van der Waals surface area contributed by atoms with Crippen LogP contribution in [0.1, 0.15) is 107 Å². The van der Waals surface area contributed by atoms with Crippen molar-refractivity contribution in [1.29, 1.82) is 0 Å². The molecule has 0 radical (unpaired) electrons. The summed E-state index contributed by atoms with van der Waals surface area (Å²) in [5.41, 5.74) is 0.734. The molecule has 0 bridgehead atoms. The predicted molar refractivity (Wildman–Crippen MR) is 227 cm³/mol. The van der Waals surface area contributed by atoms with Gasteiger partial charge in [-0.3, -0.25) is 38.8 Å². The summed E-state index contributed by atoms with van der Waals surface area (Å²) in [6.07, 6.45) is 8.56. The first-order valence-corrected chi connectivity index (χ1v) is 20.5. The zero-order valence-corrected chi connectivity index (χ0v) is 37.8. The second-order valence-electron chi connectivity index (χ2n) is 16.3. The van der Waals surface area contributed by atoms with Crippen LogP contribution in [0.3, 0.4) is 0 Å². The van der Waals surface area contributed by atoms with E-state index in [1.807, 2.05) is 48.5 Å². The first-order valence-electron chi connectivity index (χ1n) is 20.5. The number of hydrogen-bond acceptors (Lipinski definition) is 8. The molecule has 3 N–H and O–H groups in total. The molecule has 0 aromatic rings. The van der Waals surface area contributed by atoms with Crippen LogP contribution in [0.15, 0.2) is 36.5 Å². The van der Waals surface area contributed by atoms with Gasteiger partial charge in [-0.05, 0) is 62.9 Å². The topological polar surface area (TPSA) is 180 Å². The first kappa shape index (κ1) is 53.5. The van der Waals surface area contributed by atoms with Crippen LogP contribution in [0.2, 0.25) is 0 Å². The van der Waals surface area contributed by atoms with Crippen LogP contribution in [0.5, 0.6) is 0 Å². The minimum atomic E-state index is -0.991. The molecule has 0 saturated carbocycles. The molecule has 0 aromatic heterocycles. The van der Waals surface area contributed by atoms with Gasteiger partial charge in [0.2, 0.25) is 35.4 Å². The standard InChI is InChI=1S/C43H75N7O8/c1-16-30(8)39(45-41(55)34(25-28(4)5)48(13)37(52)23-20-24-46(11)36(51)18-3)43(57)47(12)32(10)42(56)49(14)35(26-29(6)7)40(54)44-31(9)27-33(17-2)21-19-22-38(53)50(15)58/h17,19,21-22,28-32,34-35,39,58H,2,16,18,20,23-27H2,1,3-15H3,(H,44,54)(H,45,55)/b22-19+,33-21+/t30?,31-,32+,34+,35?,39+/m1/s1. The molecule has 0 aliphatic carbocycles. The highest BCUT2D eigenvalue weighted by atomic mass is 16.5. The summed E-state index contributed by atoms with van der Waals surface area (Å²) < 4.78 is 0. The van der Waals surface area contributed by atoms with E-state index in [0.29, 0.717) is 50.1 Å². The Balaban J connectivity index is 6.11. The maximum Gasteiger partial charge on any atom is 0.269 e. The fourth-order valence-corrected chi connectivity index (χ4v) is 6.27. The zero-order valence-electron chi connectivity index (χ0n) is 37.8. The number of hydrogen-bond donors (Lipinski definition) is 3. The van der Waals surface area contributed by atoms with E-state index >= 15 is 0 Å². The van der Waals surface area contributed by atoms with Gasteiger partial charge in [-0.15, -0.1) is 0 Å². The molecule has 15 heteroatoms. The van der Waals surface area contributed by atoms with E-state index in [4.69, 9.17) is 0 Å². The van der Waals surface area contributed by atoms with Gasteiger partial charge >= 0.3 is 0 Å². The summed E-state index contributed by atoms with van der Waals surface area (Å²) in [5, 5.41) is 15.6. The Morgan fingerprint density at radius 1 is 0.724 bits per heavy atom. The molecule has 0 fully saturated rings. The number of nitrogens with zero attached hydrogens (tertiary/aromatic N) is 5. The number of nitrogens with one attached hydrogen (secondary N) is 2. The van der Waals surface area contributed by atoms with E-state index in [9.17, 15) is 38.8 Å². The van der Waals surface area contributed by atoms with E-state index in [-0.39, 0.29) is 47.9 Å². The molecule has 0 aliphatic heterocycles. The van der Waals surface area contributed by atoms with E-state index in [0.717, 1.165) is 5.57 Å². The van der Waals surface area contributed by atoms with Crippen molar-refractivity contribution < 1.29 is 38.8 Å². The lowest BCUT2D eigenvalue weighted by Gasteiger charge is -2.36. The summed E-state index contributed by atoms with van der Waals surface area (Å²) in [4.78, 5) is 98.5. The fourth-order valence-electron chi connectivity index (χ4n) is 6.27. The monoisotopic (exact) mass is 818 g/mol. The molecule has 0 spiro atoms. The zero-order chi connectivity index (χ0) is 45.0. The highest BCUT2D eigenvalue weighted by Crippen LogP contribution is 2.19. The molecule has 15 nitrogen and oxygen atoms in total. The Labute approximate surface area is 348 Å². The van der Waals surface area contributed by atoms with Gasteiger partial charge in [0, 0.05) is 66.7 Å². The molecule has 330 valence electrons. The Morgan fingerprint density at radius 3 is 1.74 bits per heavy atom. The van der Waals surface area contributed by atoms with Crippen LogP contribution in [-0.2, 0) is 33.6 Å². The second-order valence-corrected chi connectivity index (χ2v) is 16.3. The lowest BCUT2D eigenvalue weighted by atomic mass is 9.95. The highest BCUT2D eigenvalue weighted by Gasteiger charge is 2.38. The van der Waals surface area contributed by atoms with Gasteiger partial charge in [-0.25, -0.2) is 5.06 Å². The van der Waals surface area contributed by atoms with Crippen LogP contribution in [-0.4, -0.2) is 143 Å². The minimum absolute atomic E-state index is 0.0143. The van der Waals surface area contributed by atoms with Crippen LogP contribution >= 0.6 is 0 Å². The first-order chi connectivity index (χ1) is 26.9. The summed E-state index contributed by atoms with van der Waals surface area (Å²) in [5.74, 6) is -2.82. The third-order valence-electron chi connectivity index (χ3n) is 10.4. The van der Waals surface area contributed by atoms with E-state index in [1.54, 1.807) is 52.0 Å². The van der Waals surface area contributed by atoms with Crippen LogP contribution in [0, 0.1) is 17.8 Å². The Hall–Kier alpha value is -4.53. The molecule has 0 aromatic carbocycles. The molecule has 0 aliphatic rings. The summed E-state index contributed by atoms with van der Waals surface area (Å²) in [7, 11) is 7.54. The molecular weight excluding hydrogens is 743 g/mol. The quantitative estimate of drug-likeness (QED) is 0.0532. The van der Waals surface area contributed by atoms with E-state index in [2.05, 4.69) is 17.2 Å². The lowest BCUT2D eigenvalue weighted by Crippen LogP contribution is -2.60. The molecule has 7 amide bonds. The maximum atomic E-state index is 14.2. The predicted octanol–water partition coefficient (Wildman–Crippen LogP) is 4.17. The van der Waals surface area contributed by atoms with Gasteiger partial charge in [0.25, 0.3) is 5.91 Å². The number of carbonyl (C=O) groups excluding carboxylic acids is 7. The molecule has 0 heterocycles. The van der Waals surface area contributed by atoms with E-state index in [1.165, 1.54) is 40.9 Å². The molecule has 6 atom stereocenters. The molecule has 0 saturated heterocycles. The smallest absolute Gasteiger partial charge is 0.269 e. The van der Waals surface area contributed by atoms with Gasteiger partial charge < -0.3 is 30.2 Å². The number of carbonyl (C=O) groups is 7. The normalized spacial score (nSPS) is 14.8. The van der Waals surface area contributed by atoms with Crippen LogP contribution in [0.25, 0.3) is 0 Å². The summed E-state index contributed by atoms with van der Waals surface area (Å²) in [6.45, 7) is 20.9. The van der Waals surface area contributed by atoms with Crippen molar-refractivity contribution in [3.63, 3.8) is 0 Å². The number of rotatable bonds is 25. The molecule has 58 heavy (non-hydrogen) atoms. The number of allylic oxidation sites excluding steroid dienone is 3. The number of hydroxylamine groups is 2. The largest absolute Gasteiger partial charge is 0.352 e. The lowest BCUT2D eigenvalue weighted by molar-refractivity contribution is -0.153. The van der Waals surface area contributed by atoms with E-state index < -0.39 is 47.8 Å². The second kappa shape index (κ2) is 26.5. The Kier molecular flexibility index (Phi) is 24.4. The third-order valence-corrected chi connectivity index (χ3v) is 10.4. The fraction of sp³-hybridized carbons (Fsp3) is 0.698. The van der Waals surface area contributed by atoms with Crippen molar-refractivity contribution in [2.24, 2.45) is 17.8 Å². The summed E-state index contributed by atoms with van der Waals surface area (Å²) in [6, 6.07) is -4.04. The SMILES string of the molecule is C=C/C(=C\C=C\C(=O)N(C)O)C[C@@H](C)NC(=O)C(CC(C)C)N(C)C(=O)[C@H](C)N(C)C(=O)[C@@H](NC(=O)[C@H](CC(C)C)N(C)C(=O)CCCN(C)C(=O)CC)C(C)CC. The van der Waals surface area contributed by atoms with Crippen molar-refractivity contribution in [1.82, 2.24) is 35.3 Å². The van der Waals surface area contributed by atoms with Gasteiger partial charge in [-0.2, -0.15) is 0 Å². The Bertz CT molecular complexity index is 1460. The molecule has 0 rings (SSSR count). The van der Waals surface area contributed by atoms with Gasteiger partial charge in [-0.1, -0.05) is 79.7 Å². The number of likely N-dealkylation sites (N-methyl/N-ethyl adjacent to an activating group) is 4. The third kappa shape index (κ3) is 17.9. The van der Waals surface area contributed by atoms with Gasteiger partial charge in [0.05, 0.1) is 0 Å². The highest BCUT2D eigenvalue weighted by molar-refractivity contribution is 5.95. The minimum Gasteiger partial charge on any atom is -0.352 e. The van der Waals surface area contributed by atoms with Crippen molar-refractivity contribution in [2.75, 3.05) is 41.8 Å².